The highest BCUT2D eigenvalue weighted by Gasteiger charge is 2.12. The Labute approximate surface area is 137 Å². The smallest absolute Gasteiger partial charge is 0.138 e. The fraction of sp³-hybridized carbons (Fsp3) is 0.333. The van der Waals surface area contributed by atoms with E-state index in [1.54, 1.807) is 12.1 Å². The topological polar surface area (TPSA) is 32.7 Å². The van der Waals surface area contributed by atoms with Gasteiger partial charge in [-0.25, -0.2) is 0 Å². The van der Waals surface area contributed by atoms with E-state index in [1.807, 2.05) is 30.3 Å². The maximum atomic E-state index is 10.2. The summed E-state index contributed by atoms with van der Waals surface area (Å²) < 4.78 is 5.59. The number of ether oxygens (including phenoxy) is 1. The van der Waals surface area contributed by atoms with E-state index in [1.165, 1.54) is 5.56 Å². The third kappa shape index (κ3) is 5.34. The van der Waals surface area contributed by atoms with Crippen LogP contribution in [0.15, 0.2) is 54.6 Å². The van der Waals surface area contributed by atoms with E-state index >= 15 is 0 Å². The quantitative estimate of drug-likeness (QED) is 0.807. The number of para-hydroxylation sites is 1. The molecule has 2 rings (SSSR count). The zero-order chi connectivity index (χ0) is 15.8. The summed E-state index contributed by atoms with van der Waals surface area (Å²) in [4.78, 5) is 2.19. The minimum absolute atomic E-state index is 0.231. The first kappa shape index (κ1) is 16.8. The van der Waals surface area contributed by atoms with Gasteiger partial charge in [-0.15, -0.1) is 0 Å². The Balaban J connectivity index is 1.82. The first-order valence-electron chi connectivity index (χ1n) is 7.50. The number of nitrogens with zero attached hydrogens (tertiary/aromatic N) is 1. The molecular weight excluding hydrogens is 298 g/mol. The lowest BCUT2D eigenvalue weighted by Gasteiger charge is -2.24. The molecule has 0 aliphatic heterocycles. The van der Waals surface area contributed by atoms with Crippen LogP contribution in [0.5, 0.6) is 5.75 Å². The molecular formula is C18H22ClNO2. The molecule has 1 unspecified atom stereocenters. The van der Waals surface area contributed by atoms with Crippen molar-refractivity contribution in [3.05, 3.63) is 65.2 Å². The zero-order valence-electron chi connectivity index (χ0n) is 12.8. The second-order valence-corrected chi connectivity index (χ2v) is 5.62. The van der Waals surface area contributed by atoms with Gasteiger partial charge >= 0.3 is 0 Å². The van der Waals surface area contributed by atoms with Crippen molar-refractivity contribution in [2.45, 2.75) is 19.6 Å². The molecule has 0 aromatic heterocycles. The van der Waals surface area contributed by atoms with Crippen LogP contribution in [0.2, 0.25) is 5.02 Å². The lowest BCUT2D eigenvalue weighted by Crippen LogP contribution is -2.35. The third-order valence-electron chi connectivity index (χ3n) is 3.43. The number of hydrogen-bond donors (Lipinski definition) is 1. The Kier molecular flexibility index (Phi) is 6.72. The maximum absolute atomic E-state index is 10.2. The summed E-state index contributed by atoms with van der Waals surface area (Å²) in [5, 5.41) is 10.7. The van der Waals surface area contributed by atoms with Gasteiger partial charge in [-0.05, 0) is 24.2 Å². The minimum atomic E-state index is -0.556. The molecule has 118 valence electrons. The summed E-state index contributed by atoms with van der Waals surface area (Å²) in [5.74, 6) is 0.606. The van der Waals surface area contributed by atoms with Crippen molar-refractivity contribution in [3.63, 3.8) is 0 Å². The summed E-state index contributed by atoms with van der Waals surface area (Å²) in [5.41, 5.74) is 1.24. The number of aliphatic hydroxyl groups excluding tert-OH is 1. The van der Waals surface area contributed by atoms with Crippen LogP contribution in [0.25, 0.3) is 0 Å². The van der Waals surface area contributed by atoms with Crippen molar-refractivity contribution < 1.29 is 9.84 Å². The molecule has 0 saturated heterocycles. The molecule has 0 spiro atoms. The highest BCUT2D eigenvalue weighted by molar-refractivity contribution is 6.32. The van der Waals surface area contributed by atoms with Gasteiger partial charge in [0.05, 0.1) is 5.02 Å². The molecule has 2 aromatic rings. The molecule has 22 heavy (non-hydrogen) atoms. The van der Waals surface area contributed by atoms with E-state index in [-0.39, 0.29) is 6.61 Å². The van der Waals surface area contributed by atoms with Gasteiger partial charge < -0.3 is 9.84 Å². The number of hydrogen-bond acceptors (Lipinski definition) is 3. The predicted molar refractivity (Wildman–Crippen MR) is 90.3 cm³/mol. The fourth-order valence-corrected chi connectivity index (χ4v) is 2.44. The second kappa shape index (κ2) is 8.79. The molecule has 0 bridgehead atoms. The molecule has 0 heterocycles. The predicted octanol–water partition coefficient (Wildman–Crippen LogP) is 3.60. The van der Waals surface area contributed by atoms with Gasteiger partial charge in [0.25, 0.3) is 0 Å². The SMILES string of the molecule is CCN(Cc1ccccc1)CC(O)COc1ccccc1Cl. The van der Waals surface area contributed by atoms with Crippen molar-refractivity contribution in [3.8, 4) is 5.75 Å². The van der Waals surface area contributed by atoms with Gasteiger partial charge in [-0.2, -0.15) is 0 Å². The second-order valence-electron chi connectivity index (χ2n) is 5.21. The summed E-state index contributed by atoms with van der Waals surface area (Å²) in [6, 6.07) is 17.5. The average Bonchev–Trinajstić information content (AvgIpc) is 2.54. The summed E-state index contributed by atoms with van der Waals surface area (Å²) >= 11 is 6.03. The summed E-state index contributed by atoms with van der Waals surface area (Å²) in [6.07, 6.45) is -0.556. The number of halogens is 1. The lowest BCUT2D eigenvalue weighted by atomic mass is 10.2. The van der Waals surface area contributed by atoms with Gasteiger partial charge in [0.15, 0.2) is 0 Å². The Hall–Kier alpha value is -1.55. The Morgan fingerprint density at radius 2 is 1.77 bits per heavy atom. The molecule has 1 atom stereocenters. The van der Waals surface area contributed by atoms with E-state index < -0.39 is 6.10 Å². The molecule has 0 saturated carbocycles. The molecule has 0 radical (unpaired) electrons. The maximum Gasteiger partial charge on any atom is 0.138 e. The van der Waals surface area contributed by atoms with Crippen LogP contribution in [-0.2, 0) is 6.54 Å². The number of rotatable bonds is 8. The van der Waals surface area contributed by atoms with E-state index in [0.29, 0.717) is 17.3 Å². The van der Waals surface area contributed by atoms with Gasteiger partial charge in [0.2, 0.25) is 0 Å². The van der Waals surface area contributed by atoms with Crippen LogP contribution in [-0.4, -0.2) is 35.8 Å². The van der Waals surface area contributed by atoms with E-state index in [9.17, 15) is 5.11 Å². The molecule has 1 N–H and O–H groups in total. The largest absolute Gasteiger partial charge is 0.489 e. The molecule has 0 aliphatic carbocycles. The van der Waals surface area contributed by atoms with E-state index in [2.05, 4.69) is 24.0 Å². The Morgan fingerprint density at radius 3 is 2.45 bits per heavy atom. The van der Waals surface area contributed by atoms with Gasteiger partial charge in [0, 0.05) is 13.1 Å². The van der Waals surface area contributed by atoms with Crippen LogP contribution in [0.4, 0.5) is 0 Å². The molecule has 0 fully saturated rings. The first-order chi connectivity index (χ1) is 10.7. The standard InChI is InChI=1S/C18H22ClNO2/c1-2-20(12-15-8-4-3-5-9-15)13-16(21)14-22-18-11-7-6-10-17(18)19/h3-11,16,21H,2,12-14H2,1H3. The number of benzene rings is 2. The van der Waals surface area contributed by atoms with E-state index in [4.69, 9.17) is 16.3 Å². The van der Waals surface area contributed by atoms with Crippen LogP contribution < -0.4 is 4.74 Å². The van der Waals surface area contributed by atoms with Crippen molar-refractivity contribution in [1.82, 2.24) is 4.90 Å². The van der Waals surface area contributed by atoms with Crippen molar-refractivity contribution >= 4 is 11.6 Å². The summed E-state index contributed by atoms with van der Waals surface area (Å²) in [7, 11) is 0. The fourth-order valence-electron chi connectivity index (χ4n) is 2.25. The number of aliphatic hydroxyl groups is 1. The highest BCUT2D eigenvalue weighted by atomic mass is 35.5. The first-order valence-corrected chi connectivity index (χ1v) is 7.88. The van der Waals surface area contributed by atoms with Gasteiger partial charge in [-0.1, -0.05) is 61.0 Å². The zero-order valence-corrected chi connectivity index (χ0v) is 13.5. The van der Waals surface area contributed by atoms with Gasteiger partial charge in [-0.3, -0.25) is 4.90 Å². The van der Waals surface area contributed by atoms with Crippen LogP contribution in [0.1, 0.15) is 12.5 Å². The third-order valence-corrected chi connectivity index (χ3v) is 3.75. The monoisotopic (exact) mass is 319 g/mol. The van der Waals surface area contributed by atoms with Crippen LogP contribution in [0.3, 0.4) is 0 Å². The lowest BCUT2D eigenvalue weighted by molar-refractivity contribution is 0.0675. The Morgan fingerprint density at radius 1 is 1.09 bits per heavy atom. The molecule has 4 heteroatoms. The Bertz CT molecular complexity index is 562. The van der Waals surface area contributed by atoms with Crippen LogP contribution >= 0.6 is 11.6 Å². The highest BCUT2D eigenvalue weighted by Crippen LogP contribution is 2.23. The molecule has 3 nitrogen and oxygen atoms in total. The summed E-state index contributed by atoms with van der Waals surface area (Å²) in [6.45, 7) is 4.58. The normalized spacial score (nSPS) is 12.4. The number of likely N-dealkylation sites (N-methyl/N-ethyl adjacent to an activating group) is 1. The van der Waals surface area contributed by atoms with Gasteiger partial charge in [0.1, 0.15) is 18.5 Å². The average molecular weight is 320 g/mol. The van der Waals surface area contributed by atoms with Crippen LogP contribution in [0, 0.1) is 0 Å². The molecule has 2 aromatic carbocycles. The van der Waals surface area contributed by atoms with E-state index in [0.717, 1.165) is 13.1 Å². The molecule has 0 amide bonds. The molecule has 0 aliphatic rings. The van der Waals surface area contributed by atoms with Crippen molar-refractivity contribution in [2.24, 2.45) is 0 Å². The van der Waals surface area contributed by atoms with Crippen molar-refractivity contribution in [2.75, 3.05) is 19.7 Å². The van der Waals surface area contributed by atoms with Crippen molar-refractivity contribution in [1.29, 1.82) is 0 Å². The minimum Gasteiger partial charge on any atom is -0.489 e.